The largest absolute Gasteiger partial charge is 0.501 e. The van der Waals surface area contributed by atoms with Crippen LogP contribution in [-0.2, 0) is 19.0 Å². The Hall–Kier alpha value is -0.870. The average Bonchev–Trinajstić information content (AvgIpc) is 3.01. The molecule has 0 N–H and O–H groups in total. The molecule has 0 bridgehead atoms. The fourth-order valence-corrected chi connectivity index (χ4v) is 4.67. The van der Waals surface area contributed by atoms with Crippen molar-refractivity contribution >= 4 is 5.78 Å². The van der Waals surface area contributed by atoms with Gasteiger partial charge in [-0.05, 0) is 25.7 Å². The molecule has 4 heteroatoms. The smallest absolute Gasteiger partial charge is 0.173 e. The lowest BCUT2D eigenvalue weighted by atomic mass is 9.55. The van der Waals surface area contributed by atoms with E-state index in [4.69, 9.17) is 14.2 Å². The van der Waals surface area contributed by atoms with Gasteiger partial charge in [0.05, 0.1) is 26.1 Å². The highest BCUT2D eigenvalue weighted by atomic mass is 16.7. The Bertz CT molecular complexity index is 473. The van der Waals surface area contributed by atoms with Crippen LogP contribution in [0.4, 0.5) is 0 Å². The Kier molecular flexibility index (Phi) is 3.45. The van der Waals surface area contributed by atoms with Crippen LogP contribution in [0.3, 0.4) is 0 Å². The minimum absolute atomic E-state index is 0.187. The second-order valence-corrected chi connectivity index (χ2v) is 7.27. The van der Waals surface area contributed by atoms with Gasteiger partial charge in [0.25, 0.3) is 0 Å². The molecule has 3 aliphatic rings. The van der Waals surface area contributed by atoms with Crippen LogP contribution in [0.25, 0.3) is 0 Å². The number of carbonyl (C=O) groups is 1. The third kappa shape index (κ3) is 1.92. The number of rotatable bonds is 2. The van der Waals surface area contributed by atoms with Crippen LogP contribution in [0, 0.1) is 16.7 Å². The molecule has 1 spiro atoms. The highest BCUT2D eigenvalue weighted by Crippen LogP contribution is 2.64. The first-order chi connectivity index (χ1) is 9.87. The van der Waals surface area contributed by atoms with Crippen molar-refractivity contribution in [3.8, 4) is 0 Å². The number of ether oxygens (including phenoxy) is 3. The molecule has 0 aromatic rings. The van der Waals surface area contributed by atoms with Crippen LogP contribution in [-0.4, -0.2) is 31.4 Å². The molecular weight excluding hydrogens is 268 g/mol. The van der Waals surface area contributed by atoms with Crippen molar-refractivity contribution < 1.29 is 19.0 Å². The van der Waals surface area contributed by atoms with Crippen molar-refractivity contribution in [2.45, 2.75) is 52.7 Å². The molecule has 0 aromatic carbocycles. The van der Waals surface area contributed by atoms with Crippen molar-refractivity contribution in [1.82, 2.24) is 0 Å². The number of Topliss-reactive ketones (excluding diaryl/α,β-unsaturated/α-hetero) is 1. The zero-order valence-corrected chi connectivity index (χ0v) is 13.5. The van der Waals surface area contributed by atoms with Gasteiger partial charge in [0, 0.05) is 22.8 Å². The van der Waals surface area contributed by atoms with Gasteiger partial charge >= 0.3 is 0 Å². The predicted molar refractivity (Wildman–Crippen MR) is 78.6 cm³/mol. The molecule has 2 aliphatic carbocycles. The zero-order valence-electron chi connectivity index (χ0n) is 13.5. The van der Waals surface area contributed by atoms with Crippen LogP contribution in [0.1, 0.15) is 47.0 Å². The maximum absolute atomic E-state index is 12.8. The van der Waals surface area contributed by atoms with Gasteiger partial charge in [-0.3, -0.25) is 4.79 Å². The Balaban J connectivity index is 1.96. The SMILES string of the molecule is CCO/C=C1/C[C@H]2C(C)(C)C3(CC[C@]2(C)C1=O)OCCO3. The van der Waals surface area contributed by atoms with Crippen molar-refractivity contribution in [3.63, 3.8) is 0 Å². The van der Waals surface area contributed by atoms with Crippen LogP contribution in [0.15, 0.2) is 11.8 Å². The second kappa shape index (κ2) is 4.82. The van der Waals surface area contributed by atoms with Crippen molar-refractivity contribution in [2.75, 3.05) is 19.8 Å². The van der Waals surface area contributed by atoms with Gasteiger partial charge in [0.1, 0.15) is 0 Å². The fourth-order valence-electron chi connectivity index (χ4n) is 4.67. The van der Waals surface area contributed by atoms with Crippen molar-refractivity contribution in [1.29, 1.82) is 0 Å². The summed E-state index contributed by atoms with van der Waals surface area (Å²) in [5.41, 5.74) is 0.327. The molecular formula is C17H26O4. The van der Waals surface area contributed by atoms with Crippen LogP contribution < -0.4 is 0 Å². The second-order valence-electron chi connectivity index (χ2n) is 7.27. The number of carbonyl (C=O) groups excluding carboxylic acids is 1. The Morgan fingerprint density at radius 3 is 2.52 bits per heavy atom. The number of ketones is 1. The lowest BCUT2D eigenvalue weighted by Crippen LogP contribution is -2.58. The molecule has 21 heavy (non-hydrogen) atoms. The summed E-state index contributed by atoms with van der Waals surface area (Å²) in [6.45, 7) is 10.3. The van der Waals surface area contributed by atoms with E-state index < -0.39 is 5.79 Å². The van der Waals surface area contributed by atoms with Crippen LogP contribution >= 0.6 is 0 Å². The summed E-state index contributed by atoms with van der Waals surface area (Å²) in [5, 5.41) is 0. The topological polar surface area (TPSA) is 44.8 Å². The predicted octanol–water partition coefficient (Wildman–Crippen LogP) is 3.07. The van der Waals surface area contributed by atoms with E-state index >= 15 is 0 Å². The van der Waals surface area contributed by atoms with Gasteiger partial charge in [0.15, 0.2) is 11.6 Å². The molecule has 3 rings (SSSR count). The Morgan fingerprint density at radius 2 is 1.90 bits per heavy atom. The first-order valence-electron chi connectivity index (χ1n) is 8.01. The maximum atomic E-state index is 12.8. The van der Waals surface area contributed by atoms with E-state index in [1.54, 1.807) is 6.26 Å². The normalized spacial score (nSPS) is 39.0. The first kappa shape index (κ1) is 15.0. The minimum atomic E-state index is -0.515. The van der Waals surface area contributed by atoms with Gasteiger partial charge in [-0.15, -0.1) is 0 Å². The van der Waals surface area contributed by atoms with Gasteiger partial charge in [-0.1, -0.05) is 20.8 Å². The molecule has 3 fully saturated rings. The summed E-state index contributed by atoms with van der Waals surface area (Å²) in [4.78, 5) is 12.8. The van der Waals surface area contributed by atoms with E-state index in [1.807, 2.05) is 6.92 Å². The molecule has 1 aliphatic heterocycles. The summed E-state index contributed by atoms with van der Waals surface area (Å²) < 4.78 is 17.4. The number of hydrogen-bond donors (Lipinski definition) is 0. The van der Waals surface area contributed by atoms with Crippen LogP contribution in [0.5, 0.6) is 0 Å². The fraction of sp³-hybridized carbons (Fsp3) is 0.824. The third-order valence-corrected chi connectivity index (χ3v) is 5.98. The lowest BCUT2D eigenvalue weighted by molar-refractivity contribution is -0.276. The van der Waals surface area contributed by atoms with E-state index in [9.17, 15) is 4.79 Å². The molecule has 1 heterocycles. The summed E-state index contributed by atoms with van der Waals surface area (Å²) >= 11 is 0. The highest BCUT2D eigenvalue weighted by Gasteiger charge is 2.66. The van der Waals surface area contributed by atoms with Gasteiger partial charge in [-0.2, -0.15) is 0 Å². The van der Waals surface area contributed by atoms with E-state index in [-0.39, 0.29) is 22.5 Å². The molecule has 2 atom stereocenters. The van der Waals surface area contributed by atoms with E-state index in [1.165, 1.54) is 0 Å². The zero-order chi connectivity index (χ0) is 15.3. The summed E-state index contributed by atoms with van der Waals surface area (Å²) in [5.74, 6) is -0.0312. The van der Waals surface area contributed by atoms with Gasteiger partial charge in [0.2, 0.25) is 0 Å². The summed E-state index contributed by atoms with van der Waals surface area (Å²) in [6, 6.07) is 0. The number of hydrogen-bond acceptors (Lipinski definition) is 4. The average molecular weight is 294 g/mol. The summed E-state index contributed by atoms with van der Waals surface area (Å²) in [7, 11) is 0. The molecule has 0 amide bonds. The van der Waals surface area contributed by atoms with E-state index in [2.05, 4.69) is 20.8 Å². The quantitative estimate of drug-likeness (QED) is 0.580. The molecule has 0 aromatic heterocycles. The van der Waals surface area contributed by atoms with Gasteiger partial charge < -0.3 is 14.2 Å². The number of fused-ring (bicyclic) bond motifs is 1. The maximum Gasteiger partial charge on any atom is 0.173 e. The molecule has 2 saturated carbocycles. The van der Waals surface area contributed by atoms with E-state index in [0.717, 1.165) is 24.8 Å². The highest BCUT2D eigenvalue weighted by molar-refractivity contribution is 6.02. The minimum Gasteiger partial charge on any atom is -0.501 e. The first-order valence-corrected chi connectivity index (χ1v) is 8.01. The van der Waals surface area contributed by atoms with Crippen molar-refractivity contribution in [3.05, 3.63) is 11.8 Å². The Morgan fingerprint density at radius 1 is 1.24 bits per heavy atom. The summed E-state index contributed by atoms with van der Waals surface area (Å²) in [6.07, 6.45) is 4.05. The molecule has 1 saturated heterocycles. The van der Waals surface area contributed by atoms with Crippen molar-refractivity contribution in [2.24, 2.45) is 16.7 Å². The standard InChI is InChI=1S/C17H26O4/c1-5-19-11-12-10-13-15(2,3)17(20-8-9-21-17)7-6-16(13,4)14(12)18/h11,13H,5-10H2,1-4H3/b12-11-/t13-,16-/m0/s1. The monoisotopic (exact) mass is 294 g/mol. The van der Waals surface area contributed by atoms with E-state index in [0.29, 0.717) is 19.8 Å². The number of allylic oxidation sites excluding steroid dienone is 1. The molecule has 0 unspecified atom stereocenters. The lowest BCUT2D eigenvalue weighted by Gasteiger charge is -2.54. The molecule has 0 radical (unpaired) electrons. The van der Waals surface area contributed by atoms with Crippen LogP contribution in [0.2, 0.25) is 0 Å². The third-order valence-electron chi connectivity index (χ3n) is 5.98. The van der Waals surface area contributed by atoms with Gasteiger partial charge in [-0.25, -0.2) is 0 Å². The Labute approximate surface area is 126 Å². The molecule has 118 valence electrons. The molecule has 4 nitrogen and oxygen atoms in total.